The van der Waals surface area contributed by atoms with Crippen LogP contribution in [0.3, 0.4) is 0 Å². The van der Waals surface area contributed by atoms with Crippen molar-refractivity contribution >= 4 is 28.5 Å². The molecule has 0 saturated heterocycles. The quantitative estimate of drug-likeness (QED) is 0.558. The van der Waals surface area contributed by atoms with Crippen LogP contribution in [-0.4, -0.2) is 10.8 Å². The first-order chi connectivity index (χ1) is 6.58. The Morgan fingerprint density at radius 3 is 2.93 bits per heavy atom. The van der Waals surface area contributed by atoms with Gasteiger partial charge in [-0.05, 0) is 6.07 Å². The molecular formula is C9H8ClN3O. The number of benzene rings is 1. The van der Waals surface area contributed by atoms with Gasteiger partial charge in [0.05, 0.1) is 5.02 Å². The van der Waals surface area contributed by atoms with E-state index in [1.54, 1.807) is 19.1 Å². The number of hydrogen-bond acceptors (Lipinski definition) is 3. The Balaban J connectivity index is 2.76. The van der Waals surface area contributed by atoms with Crippen LogP contribution < -0.4 is 5.73 Å². The lowest BCUT2D eigenvalue weighted by atomic mass is 10.2. The smallest absolute Gasteiger partial charge is 0.192 e. The Morgan fingerprint density at radius 1 is 1.57 bits per heavy atom. The molecule has 72 valence electrons. The van der Waals surface area contributed by atoms with Gasteiger partial charge in [0, 0.05) is 18.6 Å². The fourth-order valence-corrected chi connectivity index (χ4v) is 1.53. The van der Waals surface area contributed by atoms with Crippen molar-refractivity contribution in [1.82, 2.24) is 4.98 Å². The van der Waals surface area contributed by atoms with Crippen LogP contribution in [0.25, 0.3) is 11.1 Å². The molecular weight excluding hydrogens is 202 g/mol. The maximum atomic E-state index is 7.29. The van der Waals surface area contributed by atoms with E-state index in [4.69, 9.17) is 27.2 Å². The number of oxazole rings is 1. The highest BCUT2D eigenvalue weighted by atomic mass is 35.5. The van der Waals surface area contributed by atoms with Gasteiger partial charge in [-0.15, -0.1) is 0 Å². The molecule has 1 aromatic heterocycles. The number of nitrogens with zero attached hydrogens (tertiary/aromatic N) is 1. The highest BCUT2D eigenvalue weighted by Crippen LogP contribution is 2.23. The second-order valence-electron chi connectivity index (χ2n) is 2.95. The molecule has 0 atom stereocenters. The number of aromatic nitrogens is 1. The molecule has 1 aromatic carbocycles. The molecule has 0 spiro atoms. The number of nitrogens with one attached hydrogen (secondary N) is 1. The first-order valence-electron chi connectivity index (χ1n) is 3.99. The number of halogens is 1. The third kappa shape index (κ3) is 1.33. The number of hydrogen-bond donors (Lipinski definition) is 2. The Labute approximate surface area is 85.2 Å². The van der Waals surface area contributed by atoms with E-state index in [-0.39, 0.29) is 5.84 Å². The van der Waals surface area contributed by atoms with E-state index in [9.17, 15) is 0 Å². The van der Waals surface area contributed by atoms with Crippen molar-refractivity contribution in [3.05, 3.63) is 28.6 Å². The molecule has 3 N–H and O–H groups in total. The molecule has 0 amide bonds. The summed E-state index contributed by atoms with van der Waals surface area (Å²) < 4.78 is 5.28. The summed E-state index contributed by atoms with van der Waals surface area (Å²) in [7, 11) is 0. The second-order valence-corrected chi connectivity index (χ2v) is 3.35. The molecule has 0 unspecified atom stereocenters. The topological polar surface area (TPSA) is 75.9 Å². The molecule has 0 saturated carbocycles. The summed E-state index contributed by atoms with van der Waals surface area (Å²) in [6.07, 6.45) is 0. The van der Waals surface area contributed by atoms with Gasteiger partial charge in [-0.1, -0.05) is 11.6 Å². The zero-order chi connectivity index (χ0) is 10.3. The molecule has 0 aliphatic heterocycles. The van der Waals surface area contributed by atoms with Crippen molar-refractivity contribution in [3.8, 4) is 0 Å². The van der Waals surface area contributed by atoms with Crippen molar-refractivity contribution in [2.75, 3.05) is 0 Å². The summed E-state index contributed by atoms with van der Waals surface area (Å²) in [5.74, 6) is 0.495. The van der Waals surface area contributed by atoms with E-state index in [0.717, 1.165) is 0 Å². The van der Waals surface area contributed by atoms with Crippen LogP contribution in [0.4, 0.5) is 0 Å². The molecule has 2 rings (SSSR count). The minimum absolute atomic E-state index is 0.0717. The minimum Gasteiger partial charge on any atom is -0.441 e. The number of fused-ring (bicyclic) bond motifs is 1. The van der Waals surface area contributed by atoms with Gasteiger partial charge in [0.2, 0.25) is 0 Å². The van der Waals surface area contributed by atoms with Gasteiger partial charge in [-0.2, -0.15) is 0 Å². The molecule has 2 aromatic rings. The fourth-order valence-electron chi connectivity index (χ4n) is 1.27. The predicted molar refractivity (Wildman–Crippen MR) is 54.8 cm³/mol. The summed E-state index contributed by atoms with van der Waals surface area (Å²) in [5, 5.41) is 7.70. The average Bonchev–Trinajstić information content (AvgIpc) is 2.42. The Hall–Kier alpha value is -1.55. The minimum atomic E-state index is -0.0717. The lowest BCUT2D eigenvalue weighted by Crippen LogP contribution is -2.11. The molecule has 0 radical (unpaired) electrons. The summed E-state index contributed by atoms with van der Waals surface area (Å²) in [4.78, 5) is 4.12. The summed E-state index contributed by atoms with van der Waals surface area (Å²) in [6.45, 7) is 1.75. The van der Waals surface area contributed by atoms with Gasteiger partial charge in [-0.25, -0.2) is 4.98 Å². The first kappa shape index (κ1) is 9.02. The first-order valence-corrected chi connectivity index (χ1v) is 4.37. The summed E-state index contributed by atoms with van der Waals surface area (Å²) in [5.41, 5.74) is 7.10. The van der Waals surface area contributed by atoms with Gasteiger partial charge >= 0.3 is 0 Å². The summed E-state index contributed by atoms with van der Waals surface area (Å²) in [6, 6.07) is 3.27. The Bertz CT molecular complexity index is 518. The van der Waals surface area contributed by atoms with Crippen LogP contribution in [0.5, 0.6) is 0 Å². The second kappa shape index (κ2) is 2.99. The fraction of sp³-hybridized carbons (Fsp3) is 0.111. The van der Waals surface area contributed by atoms with Crippen molar-refractivity contribution in [2.24, 2.45) is 5.73 Å². The maximum Gasteiger partial charge on any atom is 0.192 e. The van der Waals surface area contributed by atoms with E-state index < -0.39 is 0 Å². The van der Waals surface area contributed by atoms with E-state index in [0.29, 0.717) is 27.6 Å². The third-order valence-corrected chi connectivity index (χ3v) is 2.19. The average molecular weight is 210 g/mol. The standard InChI is InChI=1S/C9H8ClN3O/c1-4-13-7-2-5(9(11)12)6(10)3-8(7)14-4/h2-3H,1H3,(H3,11,12). The van der Waals surface area contributed by atoms with E-state index >= 15 is 0 Å². The Morgan fingerprint density at radius 2 is 2.29 bits per heavy atom. The van der Waals surface area contributed by atoms with Crippen molar-refractivity contribution in [2.45, 2.75) is 6.92 Å². The molecule has 0 bridgehead atoms. The molecule has 0 fully saturated rings. The lowest BCUT2D eigenvalue weighted by Gasteiger charge is -1.99. The maximum absolute atomic E-state index is 7.29. The van der Waals surface area contributed by atoms with Gasteiger partial charge in [0.25, 0.3) is 0 Å². The molecule has 4 nitrogen and oxygen atoms in total. The van der Waals surface area contributed by atoms with Crippen LogP contribution >= 0.6 is 11.6 Å². The van der Waals surface area contributed by atoms with E-state index in [1.165, 1.54) is 0 Å². The highest BCUT2D eigenvalue weighted by molar-refractivity contribution is 6.34. The van der Waals surface area contributed by atoms with Gasteiger partial charge < -0.3 is 10.2 Å². The van der Waals surface area contributed by atoms with Crippen molar-refractivity contribution < 1.29 is 4.42 Å². The van der Waals surface area contributed by atoms with Crippen LogP contribution in [-0.2, 0) is 0 Å². The normalized spacial score (nSPS) is 10.7. The van der Waals surface area contributed by atoms with Crippen molar-refractivity contribution in [1.29, 1.82) is 5.41 Å². The van der Waals surface area contributed by atoms with Crippen LogP contribution in [0.2, 0.25) is 5.02 Å². The number of amidine groups is 1. The van der Waals surface area contributed by atoms with Gasteiger partial charge in [0.15, 0.2) is 11.5 Å². The molecule has 0 aliphatic carbocycles. The van der Waals surface area contributed by atoms with E-state index in [1.807, 2.05) is 0 Å². The zero-order valence-corrected chi connectivity index (χ0v) is 8.22. The van der Waals surface area contributed by atoms with Crippen LogP contribution in [0, 0.1) is 12.3 Å². The van der Waals surface area contributed by atoms with Crippen LogP contribution in [0.1, 0.15) is 11.5 Å². The van der Waals surface area contributed by atoms with Crippen LogP contribution in [0.15, 0.2) is 16.5 Å². The summed E-state index contributed by atoms with van der Waals surface area (Å²) >= 11 is 5.90. The van der Waals surface area contributed by atoms with Gasteiger partial charge in [0.1, 0.15) is 11.4 Å². The van der Waals surface area contributed by atoms with Crippen molar-refractivity contribution in [3.63, 3.8) is 0 Å². The molecule has 5 heteroatoms. The SMILES string of the molecule is Cc1nc2cc(C(=N)N)c(Cl)cc2o1. The predicted octanol–water partition coefficient (Wildman–Crippen LogP) is 2.07. The number of nitrogen functional groups attached to an aromatic ring is 1. The number of nitrogens with two attached hydrogens (primary N) is 1. The van der Waals surface area contributed by atoms with Gasteiger partial charge in [-0.3, -0.25) is 5.41 Å². The lowest BCUT2D eigenvalue weighted by molar-refractivity contribution is 0.561. The zero-order valence-electron chi connectivity index (χ0n) is 7.47. The monoisotopic (exact) mass is 209 g/mol. The molecule has 0 aliphatic rings. The number of rotatable bonds is 1. The molecule has 14 heavy (non-hydrogen) atoms. The Kier molecular flexibility index (Phi) is 1.93. The highest BCUT2D eigenvalue weighted by Gasteiger charge is 2.09. The largest absolute Gasteiger partial charge is 0.441 e. The third-order valence-electron chi connectivity index (χ3n) is 1.87. The molecule has 1 heterocycles. The van der Waals surface area contributed by atoms with E-state index in [2.05, 4.69) is 4.98 Å². The number of aryl methyl sites for hydroxylation is 1.